The summed E-state index contributed by atoms with van der Waals surface area (Å²) >= 11 is 1.07. The van der Waals surface area contributed by atoms with Crippen LogP contribution in [-0.2, 0) is 14.3 Å². The first kappa shape index (κ1) is 14.2. The van der Waals surface area contributed by atoms with Crippen molar-refractivity contribution < 1.29 is 13.0 Å². The fraction of sp³-hybridized carbons (Fsp3) is 0.143. The van der Waals surface area contributed by atoms with Crippen molar-refractivity contribution in [3.05, 3.63) is 53.6 Å². The minimum Gasteiger partial charge on any atom is -0.399 e. The zero-order chi connectivity index (χ0) is 15.3. The molecular weight excluding hydrogens is 308 g/mol. The Balaban J connectivity index is 2.17. The van der Waals surface area contributed by atoms with E-state index in [9.17, 15) is 13.0 Å². The van der Waals surface area contributed by atoms with Gasteiger partial charge in [0.25, 0.3) is 0 Å². The Morgan fingerprint density at radius 1 is 1.19 bits per heavy atom. The van der Waals surface area contributed by atoms with E-state index in [0.29, 0.717) is 16.9 Å². The summed E-state index contributed by atoms with van der Waals surface area (Å²) < 4.78 is 32.2. The second-order valence-corrected chi connectivity index (χ2v) is 8.02. The van der Waals surface area contributed by atoms with E-state index >= 15 is 0 Å². The van der Waals surface area contributed by atoms with E-state index in [1.165, 1.54) is 0 Å². The molecule has 2 aromatic rings. The highest BCUT2D eigenvalue weighted by Crippen LogP contribution is 2.54. The Hall–Kier alpha value is -1.70. The van der Waals surface area contributed by atoms with E-state index in [4.69, 9.17) is 5.73 Å². The number of fused-ring (bicyclic) bond motifs is 1. The number of nitrogens with one attached hydrogen (secondary N) is 1. The highest BCUT2D eigenvalue weighted by molar-refractivity contribution is 8.12. The number of benzene rings is 2. The summed E-state index contributed by atoms with van der Waals surface area (Å²) in [6.07, 6.45) is 0. The molecule has 2 aromatic carbocycles. The number of hydrogen-bond donors (Lipinski definition) is 3. The number of thioether (sulfide) groups is 1. The largest absolute Gasteiger partial charge is 0.399 e. The first-order valence-electron chi connectivity index (χ1n) is 6.23. The third-order valence-corrected chi connectivity index (χ3v) is 6.47. The van der Waals surface area contributed by atoms with Crippen molar-refractivity contribution in [1.29, 1.82) is 0 Å². The summed E-state index contributed by atoms with van der Waals surface area (Å²) in [6.45, 7) is 1.93. The fourth-order valence-electron chi connectivity index (χ4n) is 2.27. The van der Waals surface area contributed by atoms with Gasteiger partial charge in [-0.15, -0.1) is 0 Å². The molecule has 0 aromatic heterocycles. The molecular formula is C14H14N2O3S2. The van der Waals surface area contributed by atoms with Crippen molar-refractivity contribution in [2.24, 2.45) is 0 Å². The number of aryl methyl sites for hydroxylation is 1. The topological polar surface area (TPSA) is 92.4 Å². The summed E-state index contributed by atoms with van der Waals surface area (Å²) in [6, 6.07) is 12.0. The summed E-state index contributed by atoms with van der Waals surface area (Å²) in [5.41, 5.74) is 8.30. The van der Waals surface area contributed by atoms with Crippen molar-refractivity contribution in [3.8, 4) is 0 Å². The van der Waals surface area contributed by atoms with E-state index < -0.39 is 14.3 Å². The van der Waals surface area contributed by atoms with Crippen LogP contribution in [-0.4, -0.2) is 13.0 Å². The molecule has 3 rings (SSSR count). The number of hydrogen-bond acceptors (Lipinski definition) is 5. The molecule has 7 heteroatoms. The van der Waals surface area contributed by atoms with Crippen LogP contribution >= 0.6 is 11.8 Å². The van der Waals surface area contributed by atoms with Gasteiger partial charge in [0, 0.05) is 16.1 Å². The lowest BCUT2D eigenvalue weighted by Gasteiger charge is -2.26. The number of nitrogen functional groups attached to an aromatic ring is 1. The molecule has 21 heavy (non-hydrogen) atoms. The molecule has 0 aliphatic carbocycles. The molecule has 1 heterocycles. The van der Waals surface area contributed by atoms with E-state index in [1.54, 1.807) is 24.3 Å². The van der Waals surface area contributed by atoms with Gasteiger partial charge in [-0.2, -0.15) is 8.42 Å². The number of nitrogens with two attached hydrogens (primary N) is 1. The van der Waals surface area contributed by atoms with Gasteiger partial charge in [-0.1, -0.05) is 30.0 Å². The molecule has 1 aliphatic heterocycles. The number of anilines is 2. The van der Waals surface area contributed by atoms with Crippen molar-refractivity contribution in [2.75, 3.05) is 11.1 Å². The van der Waals surface area contributed by atoms with Crippen molar-refractivity contribution in [3.63, 3.8) is 0 Å². The minimum absolute atomic E-state index is 0.429. The molecule has 1 aliphatic rings. The van der Waals surface area contributed by atoms with Crippen molar-refractivity contribution in [1.82, 2.24) is 0 Å². The second-order valence-electron chi connectivity index (χ2n) is 4.94. The Labute approximate surface area is 127 Å². The lowest BCUT2D eigenvalue weighted by molar-refractivity contribution is 0.468. The molecule has 0 saturated carbocycles. The van der Waals surface area contributed by atoms with E-state index in [0.717, 1.165) is 22.2 Å². The predicted octanol–water partition coefficient (Wildman–Crippen LogP) is 2.79. The molecule has 0 amide bonds. The van der Waals surface area contributed by atoms with Gasteiger partial charge in [0.2, 0.25) is 4.20 Å². The predicted molar refractivity (Wildman–Crippen MR) is 84.7 cm³/mol. The van der Waals surface area contributed by atoms with Gasteiger partial charge < -0.3 is 11.1 Å². The van der Waals surface area contributed by atoms with Crippen LogP contribution in [0.3, 0.4) is 0 Å². The standard InChI is InChI=1S/C14H14N2O3S2/c1-9-2-7-12-13(8-9)20-14(16-12,21(17,18)19)10-3-5-11(15)6-4-10/h2-8,16H,15H2,1H3,(H,17,18,19)/t14-/m0/s1. The zero-order valence-electron chi connectivity index (χ0n) is 11.2. The Morgan fingerprint density at radius 3 is 2.48 bits per heavy atom. The Bertz CT molecular complexity index is 803. The summed E-state index contributed by atoms with van der Waals surface area (Å²) in [7, 11) is -4.40. The van der Waals surface area contributed by atoms with Gasteiger partial charge in [0.15, 0.2) is 0 Å². The lowest BCUT2D eigenvalue weighted by Crippen LogP contribution is -2.37. The summed E-state index contributed by atoms with van der Waals surface area (Å²) in [5, 5.41) is 2.94. The van der Waals surface area contributed by atoms with Crippen LogP contribution in [0.25, 0.3) is 0 Å². The first-order chi connectivity index (χ1) is 9.82. The van der Waals surface area contributed by atoms with Gasteiger partial charge in [0.1, 0.15) is 0 Å². The summed E-state index contributed by atoms with van der Waals surface area (Å²) in [4.78, 5) is 0.782. The molecule has 0 bridgehead atoms. The van der Waals surface area contributed by atoms with E-state index in [-0.39, 0.29) is 0 Å². The van der Waals surface area contributed by atoms with E-state index in [1.807, 2.05) is 25.1 Å². The monoisotopic (exact) mass is 322 g/mol. The van der Waals surface area contributed by atoms with Crippen LogP contribution < -0.4 is 11.1 Å². The fourth-order valence-corrected chi connectivity index (χ4v) is 4.84. The maximum Gasteiger partial charge on any atom is 0.304 e. The molecule has 0 radical (unpaired) electrons. The second kappa shape index (κ2) is 4.66. The maximum absolute atomic E-state index is 12.0. The van der Waals surface area contributed by atoms with Gasteiger partial charge >= 0.3 is 10.1 Å². The molecule has 1 atom stereocenters. The van der Waals surface area contributed by atoms with Crippen LogP contribution in [0.1, 0.15) is 11.1 Å². The van der Waals surface area contributed by atoms with Gasteiger partial charge in [-0.05, 0) is 36.8 Å². The van der Waals surface area contributed by atoms with Gasteiger partial charge in [0.05, 0.1) is 5.69 Å². The van der Waals surface area contributed by atoms with Crippen LogP contribution in [0.4, 0.5) is 11.4 Å². The average Bonchev–Trinajstić information content (AvgIpc) is 2.78. The van der Waals surface area contributed by atoms with Crippen LogP contribution in [0.15, 0.2) is 47.4 Å². The minimum atomic E-state index is -4.40. The third kappa shape index (κ3) is 2.27. The van der Waals surface area contributed by atoms with Crippen LogP contribution in [0.5, 0.6) is 0 Å². The molecule has 4 N–H and O–H groups in total. The molecule has 110 valence electrons. The highest BCUT2D eigenvalue weighted by atomic mass is 32.3. The quantitative estimate of drug-likeness (QED) is 0.581. The van der Waals surface area contributed by atoms with Gasteiger partial charge in [-0.3, -0.25) is 4.55 Å². The molecule has 0 unspecified atom stereocenters. The molecule has 0 spiro atoms. The molecule has 0 saturated heterocycles. The first-order valence-corrected chi connectivity index (χ1v) is 8.48. The highest BCUT2D eigenvalue weighted by Gasteiger charge is 2.50. The van der Waals surface area contributed by atoms with Crippen molar-refractivity contribution in [2.45, 2.75) is 16.0 Å². The Kier molecular flexibility index (Phi) is 3.16. The van der Waals surface area contributed by atoms with Crippen LogP contribution in [0, 0.1) is 6.92 Å². The average molecular weight is 322 g/mol. The SMILES string of the molecule is Cc1ccc2c(c1)S[C@@](c1ccc(N)cc1)(S(=O)(=O)O)N2. The van der Waals surface area contributed by atoms with Crippen LogP contribution in [0.2, 0.25) is 0 Å². The third-order valence-electron chi connectivity index (χ3n) is 3.34. The van der Waals surface area contributed by atoms with Gasteiger partial charge in [-0.25, -0.2) is 0 Å². The van der Waals surface area contributed by atoms with Crippen molar-refractivity contribution >= 4 is 33.3 Å². The number of rotatable bonds is 2. The molecule has 0 fully saturated rings. The Morgan fingerprint density at radius 2 is 1.86 bits per heavy atom. The normalized spacial score (nSPS) is 20.9. The molecule has 5 nitrogen and oxygen atoms in total. The zero-order valence-corrected chi connectivity index (χ0v) is 12.8. The lowest BCUT2D eigenvalue weighted by atomic mass is 10.2. The summed E-state index contributed by atoms with van der Waals surface area (Å²) in [5.74, 6) is 0. The smallest absolute Gasteiger partial charge is 0.304 e. The van der Waals surface area contributed by atoms with E-state index in [2.05, 4.69) is 5.32 Å². The maximum atomic E-state index is 12.0.